The summed E-state index contributed by atoms with van der Waals surface area (Å²) in [7, 11) is 4.64. The number of fused-ring (bicyclic) bond motifs is 1. The molecule has 0 fully saturated rings. The standard InChI is InChI=1S/C24H24N4O6/c1-28(13-18(29)30)24(31)22-19(14-7-10-17(33-3)11-8-14)21-23(27-34-26-21)20(25-22)15-5-4-6-16(32-2)12-9-15/h4-10,12,16-17H,11,13H2,1-3H3,(H,29,30). The van der Waals surface area contributed by atoms with E-state index in [1.807, 2.05) is 48.6 Å². The first-order valence-corrected chi connectivity index (χ1v) is 10.6. The van der Waals surface area contributed by atoms with E-state index in [4.69, 9.17) is 14.1 Å². The molecular formula is C24H24N4O6. The third-order valence-electron chi connectivity index (χ3n) is 5.57. The molecule has 2 aliphatic rings. The number of carboxylic acids is 1. The second-order valence-corrected chi connectivity index (χ2v) is 7.80. The molecule has 176 valence electrons. The van der Waals surface area contributed by atoms with Crippen molar-refractivity contribution in [2.45, 2.75) is 18.6 Å². The van der Waals surface area contributed by atoms with Crippen molar-refractivity contribution in [2.24, 2.45) is 0 Å². The van der Waals surface area contributed by atoms with E-state index in [1.54, 1.807) is 14.2 Å². The van der Waals surface area contributed by atoms with Gasteiger partial charge in [-0.05, 0) is 22.3 Å². The van der Waals surface area contributed by atoms with Gasteiger partial charge in [0.15, 0.2) is 5.52 Å². The van der Waals surface area contributed by atoms with Crippen LogP contribution in [-0.2, 0) is 14.3 Å². The Hall–Kier alpha value is -3.89. The fourth-order valence-electron chi connectivity index (χ4n) is 3.79. The van der Waals surface area contributed by atoms with Gasteiger partial charge in [0.1, 0.15) is 23.4 Å². The van der Waals surface area contributed by atoms with Crippen LogP contribution in [0.5, 0.6) is 0 Å². The van der Waals surface area contributed by atoms with Crippen molar-refractivity contribution in [1.29, 1.82) is 0 Å². The molecule has 4 rings (SSSR count). The van der Waals surface area contributed by atoms with Gasteiger partial charge in [0.25, 0.3) is 5.91 Å². The van der Waals surface area contributed by atoms with Gasteiger partial charge in [-0.3, -0.25) is 9.59 Å². The van der Waals surface area contributed by atoms with E-state index in [9.17, 15) is 14.7 Å². The van der Waals surface area contributed by atoms with Crippen LogP contribution >= 0.6 is 0 Å². The molecular weight excluding hydrogens is 440 g/mol. The maximum absolute atomic E-state index is 13.4. The van der Waals surface area contributed by atoms with Gasteiger partial charge >= 0.3 is 5.97 Å². The molecule has 10 heteroatoms. The molecule has 1 N–H and O–H groups in total. The zero-order chi connectivity index (χ0) is 24.2. The quantitative estimate of drug-likeness (QED) is 0.657. The monoisotopic (exact) mass is 464 g/mol. The van der Waals surface area contributed by atoms with Crippen molar-refractivity contribution in [3.8, 4) is 0 Å². The van der Waals surface area contributed by atoms with Gasteiger partial charge in [-0.15, -0.1) is 0 Å². The first-order chi connectivity index (χ1) is 16.4. The molecule has 2 aromatic rings. The van der Waals surface area contributed by atoms with Crippen molar-refractivity contribution < 1.29 is 28.8 Å². The lowest BCUT2D eigenvalue weighted by atomic mass is 9.94. The summed E-state index contributed by atoms with van der Waals surface area (Å²) < 4.78 is 15.8. The summed E-state index contributed by atoms with van der Waals surface area (Å²) in [5.41, 5.74) is 2.98. The predicted molar refractivity (Wildman–Crippen MR) is 124 cm³/mol. The number of nitrogens with zero attached hydrogens (tertiary/aromatic N) is 4. The molecule has 2 aromatic heterocycles. The van der Waals surface area contributed by atoms with E-state index in [2.05, 4.69) is 15.3 Å². The van der Waals surface area contributed by atoms with Gasteiger partial charge in [0.05, 0.1) is 12.2 Å². The minimum atomic E-state index is -1.13. The van der Waals surface area contributed by atoms with Crippen molar-refractivity contribution in [3.05, 3.63) is 65.6 Å². The second kappa shape index (κ2) is 9.94. The summed E-state index contributed by atoms with van der Waals surface area (Å²) in [5, 5.41) is 17.4. The van der Waals surface area contributed by atoms with Crippen molar-refractivity contribution >= 4 is 34.1 Å². The Balaban J connectivity index is 1.91. The molecule has 34 heavy (non-hydrogen) atoms. The molecule has 2 aliphatic carbocycles. The number of carbonyl (C=O) groups excluding carboxylic acids is 1. The Morgan fingerprint density at radius 1 is 1.12 bits per heavy atom. The van der Waals surface area contributed by atoms with Crippen LogP contribution in [0.25, 0.3) is 22.2 Å². The molecule has 0 aliphatic heterocycles. The summed E-state index contributed by atoms with van der Waals surface area (Å²) >= 11 is 0. The average Bonchev–Trinajstić information content (AvgIpc) is 3.20. The van der Waals surface area contributed by atoms with Gasteiger partial charge in [-0.2, -0.15) is 0 Å². The fraction of sp³-hybridized carbons (Fsp3) is 0.292. The van der Waals surface area contributed by atoms with Crippen LogP contribution < -0.4 is 0 Å². The van der Waals surface area contributed by atoms with Crippen molar-refractivity contribution in [1.82, 2.24) is 20.2 Å². The number of hydrogen-bond acceptors (Lipinski definition) is 8. The lowest BCUT2D eigenvalue weighted by Gasteiger charge is -2.20. The van der Waals surface area contributed by atoms with E-state index >= 15 is 0 Å². The number of methoxy groups -OCH3 is 2. The lowest BCUT2D eigenvalue weighted by Crippen LogP contribution is -2.33. The van der Waals surface area contributed by atoms with Crippen LogP contribution in [0.4, 0.5) is 0 Å². The maximum atomic E-state index is 13.4. The SMILES string of the molecule is COC1C=CC=C(c2nc(C(=O)N(C)CC(=O)O)c(C3=CCC(OC)C=C3)c3nonc23)C=C1. The van der Waals surface area contributed by atoms with Gasteiger partial charge in [0.2, 0.25) is 0 Å². The van der Waals surface area contributed by atoms with Crippen LogP contribution in [0.3, 0.4) is 0 Å². The Kier molecular flexibility index (Phi) is 6.80. The number of pyridine rings is 1. The van der Waals surface area contributed by atoms with Gasteiger partial charge in [0, 0.05) is 32.4 Å². The number of allylic oxidation sites excluding steroid dienone is 6. The first-order valence-electron chi connectivity index (χ1n) is 10.6. The molecule has 2 heterocycles. The van der Waals surface area contributed by atoms with E-state index in [1.165, 1.54) is 7.05 Å². The lowest BCUT2D eigenvalue weighted by molar-refractivity contribution is -0.137. The maximum Gasteiger partial charge on any atom is 0.323 e. The van der Waals surface area contributed by atoms with Crippen LogP contribution in [0.1, 0.15) is 28.2 Å². The van der Waals surface area contributed by atoms with Crippen LogP contribution in [0, 0.1) is 0 Å². The number of ether oxygens (including phenoxy) is 2. The highest BCUT2D eigenvalue weighted by Crippen LogP contribution is 2.34. The minimum absolute atomic E-state index is 0.0551. The van der Waals surface area contributed by atoms with Crippen molar-refractivity contribution in [3.63, 3.8) is 0 Å². The summed E-state index contributed by atoms with van der Waals surface area (Å²) in [6.07, 6.45) is 15.1. The van der Waals surface area contributed by atoms with E-state index in [0.29, 0.717) is 39.9 Å². The number of amides is 1. The number of carbonyl (C=O) groups is 2. The third kappa shape index (κ3) is 4.59. The molecule has 0 spiro atoms. The fourth-order valence-corrected chi connectivity index (χ4v) is 3.79. The number of rotatable bonds is 7. The topological polar surface area (TPSA) is 128 Å². The summed E-state index contributed by atoms with van der Waals surface area (Å²) in [6, 6.07) is 0. The van der Waals surface area contributed by atoms with E-state index in [0.717, 1.165) is 4.90 Å². The van der Waals surface area contributed by atoms with E-state index < -0.39 is 18.4 Å². The average molecular weight is 464 g/mol. The van der Waals surface area contributed by atoms with Crippen LogP contribution in [-0.4, -0.2) is 77.2 Å². The number of aromatic nitrogens is 3. The highest BCUT2D eigenvalue weighted by Gasteiger charge is 2.28. The molecule has 10 nitrogen and oxygen atoms in total. The van der Waals surface area contributed by atoms with Gasteiger partial charge in [-0.1, -0.05) is 48.6 Å². The molecule has 0 saturated heterocycles. The highest BCUT2D eigenvalue weighted by atomic mass is 16.6. The number of hydrogen-bond donors (Lipinski definition) is 1. The zero-order valence-electron chi connectivity index (χ0n) is 19.0. The number of carboxylic acid groups (broad SMARTS) is 1. The summed E-state index contributed by atoms with van der Waals surface area (Å²) in [4.78, 5) is 30.4. The summed E-state index contributed by atoms with van der Waals surface area (Å²) in [5.74, 6) is -1.69. The van der Waals surface area contributed by atoms with E-state index in [-0.39, 0.29) is 17.9 Å². The molecule has 0 radical (unpaired) electrons. The smallest absolute Gasteiger partial charge is 0.323 e. The highest BCUT2D eigenvalue weighted by molar-refractivity contribution is 6.07. The number of aliphatic carboxylic acids is 1. The Morgan fingerprint density at radius 3 is 2.56 bits per heavy atom. The normalized spacial score (nSPS) is 19.6. The second-order valence-electron chi connectivity index (χ2n) is 7.80. The van der Waals surface area contributed by atoms with Crippen molar-refractivity contribution in [2.75, 3.05) is 27.8 Å². The zero-order valence-corrected chi connectivity index (χ0v) is 19.0. The Labute approximate surface area is 195 Å². The molecule has 2 unspecified atom stereocenters. The first kappa shape index (κ1) is 23.3. The number of likely N-dealkylation sites (N-methyl/N-ethyl adjacent to an activating group) is 1. The Morgan fingerprint density at radius 2 is 1.88 bits per heavy atom. The van der Waals surface area contributed by atoms with Crippen LogP contribution in [0.15, 0.2) is 53.2 Å². The summed E-state index contributed by atoms with van der Waals surface area (Å²) in [6.45, 7) is -0.480. The van der Waals surface area contributed by atoms with Gasteiger partial charge < -0.3 is 19.5 Å². The van der Waals surface area contributed by atoms with Crippen LogP contribution in [0.2, 0.25) is 0 Å². The largest absolute Gasteiger partial charge is 0.480 e. The molecule has 0 bridgehead atoms. The minimum Gasteiger partial charge on any atom is -0.480 e. The molecule has 0 aromatic carbocycles. The predicted octanol–water partition coefficient (Wildman–Crippen LogP) is 2.66. The van der Waals surface area contributed by atoms with Gasteiger partial charge in [-0.25, -0.2) is 9.61 Å². The molecule has 0 saturated carbocycles. The third-order valence-corrected chi connectivity index (χ3v) is 5.57. The Bertz CT molecular complexity index is 1270. The molecule has 2 atom stereocenters. The molecule has 1 amide bonds.